The number of nitrogens with zero attached hydrogens (tertiary/aromatic N) is 6. The monoisotopic (exact) mass is 1330 g/mol. The first-order chi connectivity index (χ1) is 51.5. The highest BCUT2D eigenvalue weighted by Gasteiger charge is 2.25. The fourth-order valence-corrected chi connectivity index (χ4v) is 15.5. The Morgan fingerprint density at radius 3 is 0.788 bits per heavy atom. The van der Waals surface area contributed by atoms with E-state index >= 15 is 0 Å². The van der Waals surface area contributed by atoms with Crippen LogP contribution >= 0.6 is 0 Å². The zero-order valence-electron chi connectivity index (χ0n) is 57.8. The molecule has 0 aliphatic rings. The fourth-order valence-electron chi connectivity index (χ4n) is 15.5. The summed E-state index contributed by atoms with van der Waals surface area (Å²) in [4.78, 5) is 9.42. The van der Waals surface area contributed by atoms with Crippen LogP contribution in [0.2, 0.25) is 0 Å². The molecule has 0 saturated heterocycles. The minimum Gasteiger partial charge on any atom is -0.311 e. The largest absolute Gasteiger partial charge is 0.311 e. The van der Waals surface area contributed by atoms with Gasteiger partial charge < -0.3 is 28.7 Å². The molecule has 6 nitrogen and oxygen atoms in total. The van der Waals surface area contributed by atoms with E-state index in [2.05, 4.69) is 443 Å². The zero-order valence-corrected chi connectivity index (χ0v) is 57.8. The van der Waals surface area contributed by atoms with Crippen LogP contribution in [-0.4, -0.2) is 9.13 Å². The van der Waals surface area contributed by atoms with Crippen molar-refractivity contribution in [1.29, 1.82) is 0 Å². The van der Waals surface area contributed by atoms with Gasteiger partial charge in [-0.25, -0.2) is 0 Å². The topological polar surface area (TPSA) is 22.8 Å². The van der Waals surface area contributed by atoms with Gasteiger partial charge in [0.25, 0.3) is 0 Å². The van der Waals surface area contributed by atoms with Crippen LogP contribution in [0.5, 0.6) is 0 Å². The number of hydrogen-bond donors (Lipinski definition) is 0. The summed E-state index contributed by atoms with van der Waals surface area (Å²) in [7, 11) is 0. The van der Waals surface area contributed by atoms with Gasteiger partial charge in [0.2, 0.25) is 0 Å². The van der Waals surface area contributed by atoms with Gasteiger partial charge in [0.1, 0.15) is 0 Å². The van der Waals surface area contributed by atoms with E-state index in [9.17, 15) is 0 Å². The highest BCUT2D eigenvalue weighted by Crippen LogP contribution is 2.47. The molecule has 0 radical (unpaired) electrons. The van der Waals surface area contributed by atoms with Crippen LogP contribution in [0.3, 0.4) is 0 Å². The van der Waals surface area contributed by atoms with E-state index in [1.54, 1.807) is 0 Å². The van der Waals surface area contributed by atoms with Gasteiger partial charge in [-0.15, -0.1) is 0 Å². The number of benzene rings is 16. The Morgan fingerprint density at radius 1 is 0.192 bits per heavy atom. The van der Waals surface area contributed by atoms with E-state index in [0.29, 0.717) is 0 Å². The highest BCUT2D eigenvalue weighted by molar-refractivity contribution is 6.03. The maximum absolute atomic E-state index is 2.45. The van der Waals surface area contributed by atoms with Gasteiger partial charge in [0.05, 0.1) is 33.8 Å². The van der Waals surface area contributed by atoms with Crippen LogP contribution < -0.4 is 19.6 Å². The molecule has 104 heavy (non-hydrogen) atoms. The van der Waals surface area contributed by atoms with Crippen molar-refractivity contribution in [2.24, 2.45) is 0 Å². The third kappa shape index (κ3) is 11.5. The molecular formula is C98H72N6. The molecule has 0 unspecified atom stereocenters. The highest BCUT2D eigenvalue weighted by atomic mass is 15.2. The first-order valence-corrected chi connectivity index (χ1v) is 35.6. The normalized spacial score (nSPS) is 11.4. The number of aryl methyl sites for hydroxylation is 2. The molecule has 0 spiro atoms. The quantitative estimate of drug-likeness (QED) is 0.0906. The molecule has 2 heterocycles. The molecule has 18 rings (SSSR count). The molecule has 16 aromatic carbocycles. The summed E-state index contributed by atoms with van der Waals surface area (Å²) in [5.41, 5.74) is 26.9. The Morgan fingerprint density at radius 2 is 0.452 bits per heavy atom. The van der Waals surface area contributed by atoms with Crippen molar-refractivity contribution in [2.45, 2.75) is 13.8 Å². The first kappa shape index (κ1) is 62.6. The molecule has 6 heteroatoms. The molecule has 18 aromatic rings. The maximum Gasteiger partial charge on any atom is 0.0570 e. The molecule has 0 amide bonds. The second-order valence-electron chi connectivity index (χ2n) is 26.6. The van der Waals surface area contributed by atoms with Gasteiger partial charge >= 0.3 is 0 Å². The zero-order chi connectivity index (χ0) is 69.5. The Balaban J connectivity index is 0.685. The lowest BCUT2D eigenvalue weighted by Crippen LogP contribution is -2.12. The smallest absolute Gasteiger partial charge is 0.0570 e. The van der Waals surface area contributed by atoms with Crippen molar-refractivity contribution >= 4 is 112 Å². The summed E-state index contributed by atoms with van der Waals surface area (Å²) >= 11 is 0. The second kappa shape index (κ2) is 27.1. The van der Waals surface area contributed by atoms with Gasteiger partial charge in [0, 0.05) is 89.8 Å². The van der Waals surface area contributed by atoms with Crippen LogP contribution in [0.1, 0.15) is 11.1 Å². The third-order valence-corrected chi connectivity index (χ3v) is 20.4. The van der Waals surface area contributed by atoms with E-state index in [1.807, 2.05) is 0 Å². The Bertz CT molecular complexity index is 5690. The van der Waals surface area contributed by atoms with Crippen molar-refractivity contribution in [3.8, 4) is 45.0 Å². The summed E-state index contributed by atoms with van der Waals surface area (Å²) in [6.45, 7) is 4.57. The van der Waals surface area contributed by atoms with Gasteiger partial charge in [-0.1, -0.05) is 218 Å². The Labute approximate surface area is 607 Å². The average Bonchev–Trinajstić information content (AvgIpc) is 1.56. The summed E-state index contributed by atoms with van der Waals surface area (Å²) < 4.78 is 4.91. The number of para-hydroxylation sites is 4. The molecule has 494 valence electrons. The summed E-state index contributed by atoms with van der Waals surface area (Å²) in [6.07, 6.45) is 0. The Hall–Kier alpha value is -13.7. The number of rotatable bonds is 17. The molecular weight excluding hydrogens is 1260 g/mol. The average molecular weight is 1330 g/mol. The lowest BCUT2D eigenvalue weighted by atomic mass is 9.99. The predicted octanol–water partition coefficient (Wildman–Crippen LogP) is 27.4. The van der Waals surface area contributed by atoms with Crippen molar-refractivity contribution in [3.05, 3.63) is 412 Å². The van der Waals surface area contributed by atoms with Crippen LogP contribution in [0.15, 0.2) is 400 Å². The van der Waals surface area contributed by atoms with E-state index < -0.39 is 0 Å². The van der Waals surface area contributed by atoms with Crippen molar-refractivity contribution in [3.63, 3.8) is 0 Å². The minimum absolute atomic E-state index is 1.06. The molecule has 0 aliphatic heterocycles. The van der Waals surface area contributed by atoms with Gasteiger partial charge in [-0.2, -0.15) is 0 Å². The molecule has 2 aromatic heterocycles. The molecule has 0 fully saturated rings. The Kier molecular flexibility index (Phi) is 16.3. The predicted molar refractivity (Wildman–Crippen MR) is 440 cm³/mol. The fraction of sp³-hybridized carbons (Fsp3) is 0.0204. The van der Waals surface area contributed by atoms with E-state index in [1.165, 1.54) is 54.8 Å². The number of fused-ring (bicyclic) bond motifs is 4. The number of anilines is 12. The van der Waals surface area contributed by atoms with Gasteiger partial charge in [-0.05, 0) is 240 Å². The van der Waals surface area contributed by atoms with E-state index in [-0.39, 0.29) is 0 Å². The first-order valence-electron chi connectivity index (χ1n) is 35.6. The molecule has 0 saturated carbocycles. The number of aromatic nitrogens is 2. The molecule has 0 atom stereocenters. The van der Waals surface area contributed by atoms with Gasteiger partial charge in [-0.3, -0.25) is 0 Å². The lowest BCUT2D eigenvalue weighted by molar-refractivity contribution is 1.12. The SMILES string of the molecule is Cc1c(-c2ccccc2)n(-c2ccc(N(c3ccccc3)c3ccc(N(c4ccccc4)c4cccc5ccccc45)cc3)cc2)c2ccc(-c3ccc4c(c3)c(C)c(-c3ccccc3)n4-c3ccc(N(c4ccccc4)c4ccc(N(c5ccccc5)c5cccc6ccccc56)cc4)cc3)cc12. The molecule has 0 bridgehead atoms. The van der Waals surface area contributed by atoms with Crippen LogP contribution in [0.4, 0.5) is 68.2 Å². The third-order valence-electron chi connectivity index (χ3n) is 20.4. The summed E-state index contributed by atoms with van der Waals surface area (Å²) in [5.74, 6) is 0. The van der Waals surface area contributed by atoms with E-state index in [4.69, 9.17) is 0 Å². The standard InChI is InChI=1S/C98H72N6/c1-69-91-67-75(47-65-95(91)103(97(69)73-29-9-3-10-30-73)87-61-53-83(54-62-87)99(77-35-13-5-14-36-77)81-49-57-85(58-50-81)101(79-39-17-7-18-40-79)93-45-25-33-71-27-21-23-43-89(71)93)76-48-66-96-92(68-76)70(2)98(74-31-11-4-12-32-74)104(96)88-63-55-84(56-64-88)100(78-37-15-6-16-38-78)82-51-59-86(60-52-82)102(80-41-19-8-20-42-80)94-46-26-34-72-28-22-24-44-90(72)94/h3-68H,1-2H3. The number of hydrogen-bond acceptors (Lipinski definition) is 4. The van der Waals surface area contributed by atoms with Crippen molar-refractivity contribution < 1.29 is 0 Å². The van der Waals surface area contributed by atoms with Crippen LogP contribution in [0.25, 0.3) is 88.4 Å². The van der Waals surface area contributed by atoms with Crippen molar-refractivity contribution in [1.82, 2.24) is 9.13 Å². The summed E-state index contributed by atoms with van der Waals surface area (Å²) in [5, 5.41) is 7.22. The van der Waals surface area contributed by atoms with Gasteiger partial charge in [0.15, 0.2) is 0 Å². The maximum atomic E-state index is 2.45. The lowest BCUT2D eigenvalue weighted by Gasteiger charge is -2.29. The summed E-state index contributed by atoms with van der Waals surface area (Å²) in [6, 6.07) is 145. The molecule has 0 aliphatic carbocycles. The minimum atomic E-state index is 1.06. The van der Waals surface area contributed by atoms with E-state index in [0.717, 1.165) is 113 Å². The van der Waals surface area contributed by atoms with Crippen LogP contribution in [-0.2, 0) is 0 Å². The molecule has 0 N–H and O–H groups in total. The van der Waals surface area contributed by atoms with Crippen LogP contribution in [0, 0.1) is 13.8 Å². The van der Waals surface area contributed by atoms with Crippen molar-refractivity contribution in [2.75, 3.05) is 19.6 Å². The second-order valence-corrected chi connectivity index (χ2v) is 26.6.